The summed E-state index contributed by atoms with van der Waals surface area (Å²) in [7, 11) is 0. The Morgan fingerprint density at radius 1 is 1.13 bits per heavy atom. The molecular formula is C15H17F3N2O3. The SMILES string of the molecule is O=C(NCC1(O)CCCC1)C(=O)Nc1ccccc1C(F)(F)F. The third-order valence-electron chi connectivity index (χ3n) is 3.80. The van der Waals surface area contributed by atoms with Gasteiger partial charge in [-0.15, -0.1) is 0 Å². The van der Waals surface area contributed by atoms with Crippen LogP contribution < -0.4 is 10.6 Å². The number of amides is 2. The number of aliphatic hydroxyl groups is 1. The topological polar surface area (TPSA) is 78.4 Å². The highest BCUT2D eigenvalue weighted by Gasteiger charge is 2.35. The van der Waals surface area contributed by atoms with Gasteiger partial charge in [-0.3, -0.25) is 9.59 Å². The predicted octanol–water partition coefficient (Wildman–Crippen LogP) is 2.07. The molecule has 0 spiro atoms. The number of hydrogen-bond donors (Lipinski definition) is 3. The lowest BCUT2D eigenvalue weighted by Crippen LogP contribution is -2.44. The third kappa shape index (κ3) is 4.44. The van der Waals surface area contributed by atoms with Crippen LogP contribution in [-0.2, 0) is 15.8 Å². The molecule has 1 aromatic carbocycles. The summed E-state index contributed by atoms with van der Waals surface area (Å²) >= 11 is 0. The Morgan fingerprint density at radius 2 is 1.74 bits per heavy atom. The van der Waals surface area contributed by atoms with E-state index in [2.05, 4.69) is 5.32 Å². The normalized spacial score (nSPS) is 16.9. The van der Waals surface area contributed by atoms with Crippen molar-refractivity contribution in [1.29, 1.82) is 0 Å². The van der Waals surface area contributed by atoms with E-state index >= 15 is 0 Å². The largest absolute Gasteiger partial charge is 0.418 e. The maximum atomic E-state index is 12.8. The zero-order chi connectivity index (χ0) is 17.1. The molecule has 0 aromatic heterocycles. The average Bonchev–Trinajstić information content (AvgIpc) is 2.91. The van der Waals surface area contributed by atoms with Crippen molar-refractivity contribution in [3.8, 4) is 0 Å². The smallest absolute Gasteiger partial charge is 0.388 e. The molecule has 1 saturated carbocycles. The molecule has 0 atom stereocenters. The van der Waals surface area contributed by atoms with Gasteiger partial charge in [0.2, 0.25) is 0 Å². The molecule has 8 heteroatoms. The highest BCUT2D eigenvalue weighted by atomic mass is 19.4. The van der Waals surface area contributed by atoms with Gasteiger partial charge in [-0.2, -0.15) is 13.2 Å². The Balaban J connectivity index is 1.98. The fourth-order valence-electron chi connectivity index (χ4n) is 2.55. The fraction of sp³-hybridized carbons (Fsp3) is 0.467. The molecule has 1 aliphatic carbocycles. The van der Waals surface area contributed by atoms with Crippen LogP contribution in [0, 0.1) is 0 Å². The fourth-order valence-corrected chi connectivity index (χ4v) is 2.55. The lowest BCUT2D eigenvalue weighted by Gasteiger charge is -2.22. The Bertz CT molecular complexity index is 596. The minimum atomic E-state index is -4.64. The molecule has 2 rings (SSSR count). The Hall–Kier alpha value is -2.09. The van der Waals surface area contributed by atoms with Crippen LogP contribution in [0.3, 0.4) is 0 Å². The van der Waals surface area contributed by atoms with Gasteiger partial charge in [-0.25, -0.2) is 0 Å². The van der Waals surface area contributed by atoms with Gasteiger partial charge in [0, 0.05) is 6.54 Å². The summed E-state index contributed by atoms with van der Waals surface area (Å²) in [5.74, 6) is -2.29. The van der Waals surface area contributed by atoms with Crippen molar-refractivity contribution in [2.24, 2.45) is 0 Å². The first-order valence-electron chi connectivity index (χ1n) is 7.19. The number of alkyl halides is 3. The van der Waals surface area contributed by atoms with Crippen LogP contribution >= 0.6 is 0 Å². The van der Waals surface area contributed by atoms with Crippen molar-refractivity contribution < 1.29 is 27.9 Å². The first kappa shape index (κ1) is 17.3. The van der Waals surface area contributed by atoms with E-state index in [0.717, 1.165) is 25.0 Å². The first-order chi connectivity index (χ1) is 10.7. The molecule has 1 aromatic rings. The van der Waals surface area contributed by atoms with Crippen molar-refractivity contribution in [3.05, 3.63) is 29.8 Å². The van der Waals surface area contributed by atoms with E-state index in [-0.39, 0.29) is 6.54 Å². The van der Waals surface area contributed by atoms with E-state index in [1.54, 1.807) is 0 Å². The zero-order valence-corrected chi connectivity index (χ0v) is 12.2. The Labute approximate surface area is 130 Å². The molecule has 1 aliphatic rings. The molecule has 126 valence electrons. The average molecular weight is 330 g/mol. The summed E-state index contributed by atoms with van der Waals surface area (Å²) in [5, 5.41) is 14.3. The zero-order valence-electron chi connectivity index (χ0n) is 12.2. The molecule has 23 heavy (non-hydrogen) atoms. The number of carbonyl (C=O) groups is 2. The standard InChI is InChI=1S/C15H17F3N2O3/c16-15(17,18)10-5-1-2-6-11(10)20-13(22)12(21)19-9-14(23)7-3-4-8-14/h1-2,5-6,23H,3-4,7-9H2,(H,19,21)(H,20,22). The molecular weight excluding hydrogens is 313 g/mol. The predicted molar refractivity (Wildman–Crippen MR) is 76.5 cm³/mol. The van der Waals surface area contributed by atoms with E-state index in [1.807, 2.05) is 5.32 Å². The summed E-state index contributed by atoms with van der Waals surface area (Å²) in [6, 6.07) is 4.39. The van der Waals surface area contributed by atoms with Crippen LogP contribution in [0.15, 0.2) is 24.3 Å². The number of carbonyl (C=O) groups excluding carboxylic acids is 2. The van der Waals surface area contributed by atoms with Crippen molar-refractivity contribution in [1.82, 2.24) is 5.32 Å². The summed E-state index contributed by atoms with van der Waals surface area (Å²) < 4.78 is 38.5. The quantitative estimate of drug-likeness (QED) is 0.743. The molecule has 0 unspecified atom stereocenters. The number of halogens is 3. The van der Waals surface area contributed by atoms with Gasteiger partial charge < -0.3 is 15.7 Å². The molecule has 3 N–H and O–H groups in total. The van der Waals surface area contributed by atoms with E-state index < -0.39 is 34.8 Å². The third-order valence-corrected chi connectivity index (χ3v) is 3.80. The van der Waals surface area contributed by atoms with Crippen LogP contribution in [0.2, 0.25) is 0 Å². The molecule has 5 nitrogen and oxygen atoms in total. The van der Waals surface area contributed by atoms with Crippen LogP contribution in [0.25, 0.3) is 0 Å². The summed E-state index contributed by atoms with van der Waals surface area (Å²) in [6.07, 6.45) is -1.94. The lowest BCUT2D eigenvalue weighted by atomic mass is 10.0. The number of anilines is 1. The van der Waals surface area contributed by atoms with Crippen LogP contribution in [0.1, 0.15) is 31.2 Å². The van der Waals surface area contributed by atoms with Gasteiger partial charge >= 0.3 is 18.0 Å². The number of para-hydroxylation sites is 1. The monoisotopic (exact) mass is 330 g/mol. The van der Waals surface area contributed by atoms with Gasteiger partial charge in [-0.1, -0.05) is 25.0 Å². The van der Waals surface area contributed by atoms with E-state index in [9.17, 15) is 27.9 Å². The molecule has 1 fully saturated rings. The van der Waals surface area contributed by atoms with E-state index in [1.165, 1.54) is 12.1 Å². The van der Waals surface area contributed by atoms with Crippen molar-refractivity contribution >= 4 is 17.5 Å². The minimum Gasteiger partial charge on any atom is -0.388 e. The molecule has 2 amide bonds. The summed E-state index contributed by atoms with van der Waals surface area (Å²) in [4.78, 5) is 23.4. The molecule has 0 bridgehead atoms. The summed E-state index contributed by atoms with van der Waals surface area (Å²) in [6.45, 7) is -0.0971. The van der Waals surface area contributed by atoms with Gasteiger partial charge in [0.1, 0.15) is 0 Å². The second-order valence-corrected chi connectivity index (χ2v) is 5.61. The number of nitrogens with one attached hydrogen (secondary N) is 2. The van der Waals surface area contributed by atoms with Gasteiger partial charge in [0.25, 0.3) is 0 Å². The number of rotatable bonds is 3. The van der Waals surface area contributed by atoms with Gasteiger partial charge in [0.15, 0.2) is 0 Å². The maximum absolute atomic E-state index is 12.8. The second-order valence-electron chi connectivity index (χ2n) is 5.61. The second kappa shape index (κ2) is 6.57. The summed E-state index contributed by atoms with van der Waals surface area (Å²) in [5.41, 5.74) is -2.56. The lowest BCUT2D eigenvalue weighted by molar-refractivity contribution is -0.138. The minimum absolute atomic E-state index is 0.0971. The molecule has 0 saturated heterocycles. The van der Waals surface area contributed by atoms with E-state index in [0.29, 0.717) is 12.8 Å². The van der Waals surface area contributed by atoms with E-state index in [4.69, 9.17) is 0 Å². The van der Waals surface area contributed by atoms with Crippen molar-refractivity contribution in [3.63, 3.8) is 0 Å². The molecule has 0 radical (unpaired) electrons. The molecule has 0 heterocycles. The van der Waals surface area contributed by atoms with Gasteiger partial charge in [0.05, 0.1) is 16.9 Å². The van der Waals surface area contributed by atoms with Crippen molar-refractivity contribution in [2.75, 3.05) is 11.9 Å². The van der Waals surface area contributed by atoms with Crippen LogP contribution in [0.5, 0.6) is 0 Å². The Morgan fingerprint density at radius 3 is 2.35 bits per heavy atom. The van der Waals surface area contributed by atoms with Crippen LogP contribution in [0.4, 0.5) is 18.9 Å². The van der Waals surface area contributed by atoms with Crippen molar-refractivity contribution in [2.45, 2.75) is 37.5 Å². The number of hydrogen-bond acceptors (Lipinski definition) is 3. The Kier molecular flexibility index (Phi) is 4.93. The highest BCUT2D eigenvalue weighted by Crippen LogP contribution is 2.34. The molecule has 0 aliphatic heterocycles. The maximum Gasteiger partial charge on any atom is 0.418 e. The highest BCUT2D eigenvalue weighted by molar-refractivity contribution is 6.39. The van der Waals surface area contributed by atoms with Crippen LogP contribution in [-0.4, -0.2) is 29.1 Å². The van der Waals surface area contributed by atoms with Gasteiger partial charge in [-0.05, 0) is 25.0 Å². The number of benzene rings is 1. The first-order valence-corrected chi connectivity index (χ1v) is 7.19.